The molecule has 0 aliphatic heterocycles. The van der Waals surface area contributed by atoms with Crippen LogP contribution in [0.2, 0.25) is 10.0 Å². The number of nitrogens with one attached hydrogen (secondary N) is 1. The van der Waals surface area contributed by atoms with Crippen LogP contribution < -0.4 is 5.32 Å². The van der Waals surface area contributed by atoms with Crippen LogP contribution in [0, 0.1) is 0 Å². The Morgan fingerprint density at radius 1 is 1.12 bits per heavy atom. The van der Waals surface area contributed by atoms with Crippen LogP contribution in [0.15, 0.2) is 54.7 Å². The monoisotopic (exact) mass is 389 g/mol. The van der Waals surface area contributed by atoms with E-state index in [-0.39, 0.29) is 5.91 Å². The first-order valence-electron chi connectivity index (χ1n) is 7.92. The van der Waals surface area contributed by atoms with Crippen LogP contribution in [0.1, 0.15) is 21.5 Å². The van der Waals surface area contributed by atoms with Crippen LogP contribution in [0.5, 0.6) is 0 Å². The molecule has 0 saturated heterocycles. The minimum atomic E-state index is -0.221. The second kappa shape index (κ2) is 8.36. The highest BCUT2D eigenvalue weighted by atomic mass is 35.5. The molecule has 0 spiro atoms. The predicted octanol–water partition coefficient (Wildman–Crippen LogP) is 4.64. The average Bonchev–Trinajstić information content (AvgIpc) is 3.06. The first-order chi connectivity index (χ1) is 12.6. The summed E-state index contributed by atoms with van der Waals surface area (Å²) in [5, 5.41) is 8.22. The number of benzene rings is 2. The average molecular weight is 390 g/mol. The third-order valence-electron chi connectivity index (χ3n) is 3.85. The molecule has 1 heterocycles. The van der Waals surface area contributed by atoms with Crippen molar-refractivity contribution in [3.63, 3.8) is 0 Å². The van der Waals surface area contributed by atoms with E-state index in [1.165, 1.54) is 0 Å². The molecular formula is C19H17Cl2N3O2. The molecule has 7 heteroatoms. The molecule has 0 aliphatic carbocycles. The van der Waals surface area contributed by atoms with E-state index in [2.05, 4.69) is 10.4 Å². The lowest BCUT2D eigenvalue weighted by atomic mass is 10.1. The molecule has 0 fully saturated rings. The maximum Gasteiger partial charge on any atom is 0.256 e. The molecule has 3 aromatic rings. The van der Waals surface area contributed by atoms with Gasteiger partial charge >= 0.3 is 0 Å². The molecule has 0 radical (unpaired) electrons. The summed E-state index contributed by atoms with van der Waals surface area (Å²) in [7, 11) is 1.63. The zero-order valence-corrected chi connectivity index (χ0v) is 15.6. The molecule has 2 aromatic carbocycles. The number of halogens is 2. The lowest BCUT2D eigenvalue weighted by Crippen LogP contribution is -2.16. The highest BCUT2D eigenvalue weighted by Gasteiger charge is 2.12. The van der Waals surface area contributed by atoms with Gasteiger partial charge < -0.3 is 10.1 Å². The van der Waals surface area contributed by atoms with Gasteiger partial charge in [0.2, 0.25) is 0 Å². The molecule has 0 aliphatic rings. The summed E-state index contributed by atoms with van der Waals surface area (Å²) in [6, 6.07) is 14.3. The van der Waals surface area contributed by atoms with Crippen LogP contribution in [-0.4, -0.2) is 22.8 Å². The fourth-order valence-corrected chi connectivity index (χ4v) is 3.02. The zero-order chi connectivity index (χ0) is 18.5. The molecule has 134 valence electrons. The van der Waals surface area contributed by atoms with Gasteiger partial charge in [0.25, 0.3) is 5.91 Å². The number of aromatic nitrogens is 2. The standard InChI is InChI=1S/C19H17Cl2N3O2/c1-26-12-13-5-7-14(8-6-13)19(25)23-18-9-10-22-24(18)11-15-16(20)3-2-4-17(15)21/h2-10H,11-12H2,1H3,(H,23,25). The minimum Gasteiger partial charge on any atom is -0.380 e. The van der Waals surface area contributed by atoms with E-state index in [4.69, 9.17) is 27.9 Å². The SMILES string of the molecule is COCc1ccc(C(=O)Nc2ccnn2Cc2c(Cl)cccc2Cl)cc1. The Morgan fingerprint density at radius 2 is 1.81 bits per heavy atom. The largest absolute Gasteiger partial charge is 0.380 e. The van der Waals surface area contributed by atoms with Crippen LogP contribution in [0.4, 0.5) is 5.82 Å². The summed E-state index contributed by atoms with van der Waals surface area (Å²) in [6.45, 7) is 0.862. The van der Waals surface area contributed by atoms with E-state index < -0.39 is 0 Å². The molecule has 0 bridgehead atoms. The van der Waals surface area contributed by atoms with E-state index in [1.54, 1.807) is 54.4 Å². The molecule has 1 N–H and O–H groups in total. The Kier molecular flexibility index (Phi) is 5.93. The van der Waals surface area contributed by atoms with Gasteiger partial charge in [-0.2, -0.15) is 5.10 Å². The number of amides is 1. The van der Waals surface area contributed by atoms with Crippen LogP contribution in [-0.2, 0) is 17.9 Å². The molecule has 3 rings (SSSR count). The fourth-order valence-electron chi connectivity index (χ4n) is 2.51. The summed E-state index contributed by atoms with van der Waals surface area (Å²) >= 11 is 12.4. The number of nitrogens with zero attached hydrogens (tertiary/aromatic N) is 2. The van der Waals surface area contributed by atoms with E-state index in [0.717, 1.165) is 11.1 Å². The van der Waals surface area contributed by atoms with E-state index in [1.807, 2.05) is 12.1 Å². The molecule has 0 atom stereocenters. The van der Waals surface area contributed by atoms with Crippen molar-refractivity contribution in [3.8, 4) is 0 Å². The van der Waals surface area contributed by atoms with Crippen molar-refractivity contribution >= 4 is 34.9 Å². The maximum atomic E-state index is 12.5. The number of hydrogen-bond donors (Lipinski definition) is 1. The van der Waals surface area contributed by atoms with Gasteiger partial charge in [-0.05, 0) is 29.8 Å². The highest BCUT2D eigenvalue weighted by molar-refractivity contribution is 6.36. The first kappa shape index (κ1) is 18.5. The lowest BCUT2D eigenvalue weighted by molar-refractivity contribution is 0.102. The fraction of sp³-hybridized carbons (Fsp3) is 0.158. The van der Waals surface area contributed by atoms with Gasteiger partial charge in [0.15, 0.2) is 0 Å². The summed E-state index contributed by atoms with van der Waals surface area (Å²) < 4.78 is 6.71. The van der Waals surface area contributed by atoms with Gasteiger partial charge in [-0.15, -0.1) is 0 Å². The highest BCUT2D eigenvalue weighted by Crippen LogP contribution is 2.26. The number of anilines is 1. The first-order valence-corrected chi connectivity index (χ1v) is 8.68. The number of methoxy groups -OCH3 is 1. The van der Waals surface area contributed by atoms with Crippen molar-refractivity contribution < 1.29 is 9.53 Å². The molecule has 5 nitrogen and oxygen atoms in total. The number of rotatable bonds is 6. The molecule has 0 unspecified atom stereocenters. The number of carbonyl (C=O) groups excluding carboxylic acids is 1. The maximum absolute atomic E-state index is 12.5. The summed E-state index contributed by atoms with van der Waals surface area (Å²) in [5.74, 6) is 0.341. The Hall–Kier alpha value is -2.34. The van der Waals surface area contributed by atoms with Gasteiger partial charge in [0.05, 0.1) is 19.3 Å². The Morgan fingerprint density at radius 3 is 2.46 bits per heavy atom. The Balaban J connectivity index is 1.75. The van der Waals surface area contributed by atoms with Gasteiger partial charge in [-0.1, -0.05) is 41.4 Å². The van der Waals surface area contributed by atoms with Crippen LogP contribution in [0.3, 0.4) is 0 Å². The molecule has 1 aromatic heterocycles. The number of ether oxygens (including phenoxy) is 1. The van der Waals surface area contributed by atoms with Crippen molar-refractivity contribution in [1.29, 1.82) is 0 Å². The Bertz CT molecular complexity index is 887. The Labute approximate surface area is 161 Å². The van der Waals surface area contributed by atoms with Crippen LogP contribution in [0.25, 0.3) is 0 Å². The van der Waals surface area contributed by atoms with Gasteiger partial charge in [0, 0.05) is 34.3 Å². The molecule has 1 amide bonds. The van der Waals surface area contributed by atoms with E-state index in [9.17, 15) is 4.79 Å². The van der Waals surface area contributed by atoms with Crippen molar-refractivity contribution in [3.05, 3.63) is 81.5 Å². The van der Waals surface area contributed by atoms with Gasteiger partial charge in [-0.25, -0.2) is 4.68 Å². The molecular weight excluding hydrogens is 373 g/mol. The summed E-state index contributed by atoms with van der Waals surface area (Å²) in [4.78, 5) is 12.5. The molecule has 26 heavy (non-hydrogen) atoms. The topological polar surface area (TPSA) is 56.1 Å². The zero-order valence-electron chi connectivity index (χ0n) is 14.1. The van der Waals surface area contributed by atoms with Crippen molar-refractivity contribution in [2.24, 2.45) is 0 Å². The summed E-state index contributed by atoms with van der Waals surface area (Å²) in [5.41, 5.74) is 2.30. The third kappa shape index (κ3) is 4.25. The quantitative estimate of drug-likeness (QED) is 0.667. The second-order valence-electron chi connectivity index (χ2n) is 5.66. The normalized spacial score (nSPS) is 10.7. The number of hydrogen-bond acceptors (Lipinski definition) is 3. The lowest BCUT2D eigenvalue weighted by Gasteiger charge is -2.11. The molecule has 0 saturated carbocycles. The predicted molar refractivity (Wildman–Crippen MR) is 103 cm³/mol. The third-order valence-corrected chi connectivity index (χ3v) is 4.56. The van der Waals surface area contributed by atoms with E-state index >= 15 is 0 Å². The second-order valence-corrected chi connectivity index (χ2v) is 6.47. The number of carbonyl (C=O) groups is 1. The van der Waals surface area contributed by atoms with Gasteiger partial charge in [-0.3, -0.25) is 4.79 Å². The summed E-state index contributed by atoms with van der Waals surface area (Å²) in [6.07, 6.45) is 1.61. The van der Waals surface area contributed by atoms with Crippen LogP contribution >= 0.6 is 23.2 Å². The van der Waals surface area contributed by atoms with Gasteiger partial charge in [0.1, 0.15) is 5.82 Å². The minimum absolute atomic E-state index is 0.221. The van der Waals surface area contributed by atoms with Crippen molar-refractivity contribution in [2.75, 3.05) is 12.4 Å². The van der Waals surface area contributed by atoms with Crippen molar-refractivity contribution in [1.82, 2.24) is 9.78 Å². The van der Waals surface area contributed by atoms with E-state index in [0.29, 0.717) is 34.6 Å². The van der Waals surface area contributed by atoms with Crippen molar-refractivity contribution in [2.45, 2.75) is 13.2 Å². The smallest absolute Gasteiger partial charge is 0.256 e.